The molecule has 0 atom stereocenters. The molecule has 0 aliphatic carbocycles. The van der Waals surface area contributed by atoms with Crippen LogP contribution in [-0.4, -0.2) is 20.4 Å². The van der Waals surface area contributed by atoms with Crippen molar-refractivity contribution in [3.05, 3.63) is 46.2 Å². The highest BCUT2D eigenvalue weighted by Crippen LogP contribution is 2.23. The van der Waals surface area contributed by atoms with Crippen LogP contribution >= 0.6 is 22.7 Å². The summed E-state index contributed by atoms with van der Waals surface area (Å²) in [4.78, 5) is 21.5. The maximum absolute atomic E-state index is 12.2. The average molecular weight is 304 g/mol. The molecule has 102 valence electrons. The van der Waals surface area contributed by atoms with Crippen LogP contribution in [0.3, 0.4) is 0 Å². The number of aromatic nitrogens is 3. The van der Waals surface area contributed by atoms with Crippen LogP contribution in [0.1, 0.15) is 21.1 Å². The quantitative estimate of drug-likeness (QED) is 0.808. The third-order valence-electron chi connectivity index (χ3n) is 2.66. The van der Waals surface area contributed by atoms with Gasteiger partial charge in [-0.25, -0.2) is 9.97 Å². The van der Waals surface area contributed by atoms with Crippen molar-refractivity contribution in [2.75, 3.05) is 5.32 Å². The van der Waals surface area contributed by atoms with Crippen molar-refractivity contribution < 1.29 is 4.79 Å². The molecule has 3 aromatic rings. The molecule has 0 saturated heterocycles. The van der Waals surface area contributed by atoms with E-state index in [1.54, 1.807) is 0 Å². The van der Waals surface area contributed by atoms with Gasteiger partial charge in [-0.15, -0.1) is 11.3 Å². The zero-order valence-corrected chi connectivity index (χ0v) is 12.6. The van der Waals surface area contributed by atoms with Crippen molar-refractivity contribution in [1.82, 2.24) is 14.5 Å². The first kappa shape index (κ1) is 13.0. The van der Waals surface area contributed by atoms with Crippen LogP contribution in [-0.2, 0) is 0 Å². The van der Waals surface area contributed by atoms with Crippen LogP contribution in [0.25, 0.3) is 5.13 Å². The largest absolute Gasteiger partial charge is 0.300 e. The Bertz CT molecular complexity index is 742. The standard InChI is InChI=1S/C13H12N4OS2/c1-8-7-19-12(14-8)16-11(18)10-9(2)15-13(20-10)17-5-3-4-6-17/h3-7H,1-2H3,(H,14,16,18). The van der Waals surface area contributed by atoms with Crippen molar-refractivity contribution in [2.45, 2.75) is 13.8 Å². The van der Waals surface area contributed by atoms with Gasteiger partial charge in [-0.3, -0.25) is 10.1 Å². The lowest BCUT2D eigenvalue weighted by Gasteiger charge is -1.98. The number of nitrogens with one attached hydrogen (secondary N) is 1. The Balaban J connectivity index is 1.85. The summed E-state index contributed by atoms with van der Waals surface area (Å²) in [5.74, 6) is -0.159. The molecule has 5 nitrogen and oxygen atoms in total. The minimum atomic E-state index is -0.159. The van der Waals surface area contributed by atoms with Crippen LogP contribution in [0.2, 0.25) is 0 Å². The van der Waals surface area contributed by atoms with Crippen LogP contribution < -0.4 is 5.32 Å². The Labute approximate surface area is 123 Å². The number of hydrogen-bond donors (Lipinski definition) is 1. The number of amides is 1. The average Bonchev–Trinajstić information content (AvgIpc) is 3.09. The van der Waals surface area contributed by atoms with E-state index in [0.717, 1.165) is 16.5 Å². The predicted octanol–water partition coefficient (Wildman–Crippen LogP) is 3.26. The predicted molar refractivity (Wildman–Crippen MR) is 81.0 cm³/mol. The van der Waals surface area contributed by atoms with Gasteiger partial charge in [0.15, 0.2) is 10.3 Å². The smallest absolute Gasteiger partial charge is 0.269 e. The monoisotopic (exact) mass is 304 g/mol. The molecule has 3 rings (SSSR count). The van der Waals surface area contributed by atoms with E-state index in [-0.39, 0.29) is 5.91 Å². The minimum absolute atomic E-state index is 0.159. The van der Waals surface area contributed by atoms with Crippen molar-refractivity contribution >= 4 is 33.7 Å². The highest BCUT2D eigenvalue weighted by molar-refractivity contribution is 7.16. The van der Waals surface area contributed by atoms with Crippen molar-refractivity contribution in [2.24, 2.45) is 0 Å². The summed E-state index contributed by atoms with van der Waals surface area (Å²) in [5.41, 5.74) is 1.63. The molecule has 3 aromatic heterocycles. The van der Waals surface area contributed by atoms with Crippen LogP contribution in [0.15, 0.2) is 29.9 Å². The minimum Gasteiger partial charge on any atom is -0.300 e. The zero-order chi connectivity index (χ0) is 14.1. The number of nitrogens with zero attached hydrogens (tertiary/aromatic N) is 3. The van der Waals surface area contributed by atoms with E-state index in [4.69, 9.17) is 0 Å². The van der Waals surface area contributed by atoms with E-state index >= 15 is 0 Å². The third-order valence-corrected chi connectivity index (χ3v) is 4.70. The Morgan fingerprint density at radius 3 is 2.65 bits per heavy atom. The number of rotatable bonds is 3. The Morgan fingerprint density at radius 1 is 1.25 bits per heavy atom. The van der Waals surface area contributed by atoms with Gasteiger partial charge in [-0.2, -0.15) is 0 Å². The van der Waals surface area contributed by atoms with E-state index in [2.05, 4.69) is 15.3 Å². The first-order chi connectivity index (χ1) is 9.63. The lowest BCUT2D eigenvalue weighted by atomic mass is 10.4. The fraction of sp³-hybridized carbons (Fsp3) is 0.154. The molecule has 1 amide bonds. The first-order valence-electron chi connectivity index (χ1n) is 5.98. The molecule has 0 spiro atoms. The lowest BCUT2D eigenvalue weighted by Crippen LogP contribution is -2.11. The second kappa shape index (κ2) is 5.18. The summed E-state index contributed by atoms with van der Waals surface area (Å²) in [6, 6.07) is 3.85. The van der Waals surface area contributed by atoms with E-state index in [1.807, 2.05) is 48.3 Å². The van der Waals surface area contributed by atoms with Gasteiger partial charge in [0.25, 0.3) is 5.91 Å². The highest BCUT2D eigenvalue weighted by atomic mass is 32.1. The van der Waals surface area contributed by atoms with Crippen molar-refractivity contribution in [3.63, 3.8) is 0 Å². The summed E-state index contributed by atoms with van der Waals surface area (Å²) in [6.07, 6.45) is 3.81. The molecule has 1 N–H and O–H groups in total. The highest BCUT2D eigenvalue weighted by Gasteiger charge is 2.17. The maximum atomic E-state index is 12.2. The molecule has 20 heavy (non-hydrogen) atoms. The van der Waals surface area contributed by atoms with Crippen LogP contribution in [0.5, 0.6) is 0 Å². The number of carbonyl (C=O) groups excluding carboxylic acids is 1. The number of hydrogen-bond acceptors (Lipinski definition) is 5. The van der Waals surface area contributed by atoms with Crippen molar-refractivity contribution in [1.29, 1.82) is 0 Å². The molecule has 0 aromatic carbocycles. The van der Waals surface area contributed by atoms with E-state index < -0.39 is 0 Å². The van der Waals surface area contributed by atoms with Crippen molar-refractivity contribution in [3.8, 4) is 5.13 Å². The molecule has 0 fully saturated rings. The number of carbonyl (C=O) groups is 1. The summed E-state index contributed by atoms with van der Waals surface area (Å²) >= 11 is 2.79. The number of aryl methyl sites for hydroxylation is 2. The van der Waals surface area contributed by atoms with Gasteiger partial charge in [0.2, 0.25) is 0 Å². The van der Waals surface area contributed by atoms with Gasteiger partial charge >= 0.3 is 0 Å². The molecule has 0 radical (unpaired) electrons. The van der Waals surface area contributed by atoms with Gasteiger partial charge in [0.1, 0.15) is 4.88 Å². The molecular formula is C13H12N4OS2. The summed E-state index contributed by atoms with van der Waals surface area (Å²) < 4.78 is 1.89. The van der Waals surface area contributed by atoms with Gasteiger partial charge in [0.05, 0.1) is 11.4 Å². The molecule has 3 heterocycles. The second-order valence-electron chi connectivity index (χ2n) is 4.25. The molecular weight excluding hydrogens is 292 g/mol. The molecule has 0 bridgehead atoms. The summed E-state index contributed by atoms with van der Waals surface area (Å²) in [6.45, 7) is 3.74. The van der Waals surface area contributed by atoms with Gasteiger partial charge < -0.3 is 4.57 Å². The summed E-state index contributed by atoms with van der Waals surface area (Å²) in [7, 11) is 0. The Kier molecular flexibility index (Phi) is 3.37. The number of anilines is 1. The van der Waals surface area contributed by atoms with Gasteiger partial charge in [0, 0.05) is 17.8 Å². The third kappa shape index (κ3) is 2.50. The maximum Gasteiger partial charge on any atom is 0.269 e. The van der Waals surface area contributed by atoms with Gasteiger partial charge in [-0.05, 0) is 26.0 Å². The molecule has 0 aliphatic rings. The topological polar surface area (TPSA) is 59.8 Å². The fourth-order valence-corrected chi connectivity index (χ4v) is 3.34. The van der Waals surface area contributed by atoms with E-state index in [1.165, 1.54) is 22.7 Å². The summed E-state index contributed by atoms with van der Waals surface area (Å²) in [5, 5.41) is 6.11. The fourth-order valence-electron chi connectivity index (χ4n) is 1.73. The molecule has 0 aliphatic heterocycles. The van der Waals surface area contributed by atoms with Gasteiger partial charge in [-0.1, -0.05) is 11.3 Å². The van der Waals surface area contributed by atoms with Crippen LogP contribution in [0, 0.1) is 13.8 Å². The molecule has 0 saturated carbocycles. The first-order valence-corrected chi connectivity index (χ1v) is 7.67. The number of thiazole rings is 2. The molecule has 0 unspecified atom stereocenters. The van der Waals surface area contributed by atoms with Crippen LogP contribution in [0.4, 0.5) is 5.13 Å². The second-order valence-corrected chi connectivity index (χ2v) is 6.09. The normalized spacial score (nSPS) is 10.7. The lowest BCUT2D eigenvalue weighted by molar-refractivity contribution is 0.103. The Morgan fingerprint density at radius 2 is 2.00 bits per heavy atom. The molecule has 7 heteroatoms. The zero-order valence-electron chi connectivity index (χ0n) is 11.0. The Hall–Kier alpha value is -1.99. The van der Waals surface area contributed by atoms with E-state index in [0.29, 0.717) is 10.0 Å². The van der Waals surface area contributed by atoms with E-state index in [9.17, 15) is 4.79 Å². The SMILES string of the molecule is Cc1csc(NC(=O)c2sc(-n3cccc3)nc2C)n1.